The van der Waals surface area contributed by atoms with Gasteiger partial charge in [-0.25, -0.2) is 15.0 Å². The fourth-order valence-electron chi connectivity index (χ4n) is 0.980. The van der Waals surface area contributed by atoms with Crippen molar-refractivity contribution in [2.24, 2.45) is 0 Å². The van der Waals surface area contributed by atoms with E-state index < -0.39 is 0 Å². The minimum absolute atomic E-state index is 0.329. The number of hydrogen-bond acceptors (Lipinski definition) is 4. The molecule has 78 valence electrons. The molecule has 0 unspecified atom stereocenters. The largest absolute Gasteiger partial charge is 0.303 e. The molecule has 0 aliphatic rings. The van der Waals surface area contributed by atoms with Crippen LogP contribution >= 0.6 is 15.9 Å². The molecule has 0 saturated heterocycles. The van der Waals surface area contributed by atoms with Gasteiger partial charge in [0, 0.05) is 26.1 Å². The number of nitrogens with zero attached hydrogens (tertiary/aromatic N) is 3. The van der Waals surface area contributed by atoms with Crippen LogP contribution in [-0.2, 0) is 0 Å². The van der Waals surface area contributed by atoms with Gasteiger partial charge in [0.25, 0.3) is 0 Å². The summed E-state index contributed by atoms with van der Waals surface area (Å²) in [7, 11) is 3.84. The quantitative estimate of drug-likeness (QED) is 0.667. The number of aromatic nitrogens is 2. The van der Waals surface area contributed by atoms with Gasteiger partial charge in [-0.3, -0.25) is 0 Å². The minimum Gasteiger partial charge on any atom is -0.303 e. The summed E-state index contributed by atoms with van der Waals surface area (Å²) in [5.41, 5.74) is 3.09. The monoisotopic (exact) mass is 258 g/mol. The number of halogens is 1. The second kappa shape index (κ2) is 4.70. The molecule has 5 heteroatoms. The van der Waals surface area contributed by atoms with Crippen molar-refractivity contribution in [1.29, 1.82) is 0 Å². The van der Waals surface area contributed by atoms with Crippen LogP contribution in [0.2, 0.25) is 0 Å². The molecule has 0 bridgehead atoms. The SMILES string of the molecule is CC(C)c1nc(Br)cc(NN(C)C)n1. The van der Waals surface area contributed by atoms with Crippen LogP contribution in [0.15, 0.2) is 10.7 Å². The number of hydrogen-bond donors (Lipinski definition) is 1. The molecule has 0 aliphatic heterocycles. The van der Waals surface area contributed by atoms with Gasteiger partial charge in [0.2, 0.25) is 0 Å². The van der Waals surface area contributed by atoms with Gasteiger partial charge in [-0.1, -0.05) is 13.8 Å². The van der Waals surface area contributed by atoms with E-state index >= 15 is 0 Å². The van der Waals surface area contributed by atoms with E-state index in [4.69, 9.17) is 0 Å². The summed E-state index contributed by atoms with van der Waals surface area (Å²) in [5.74, 6) is 1.97. The van der Waals surface area contributed by atoms with E-state index in [1.165, 1.54) is 0 Å². The van der Waals surface area contributed by atoms with Gasteiger partial charge in [0.15, 0.2) is 0 Å². The molecule has 0 aliphatic carbocycles. The molecule has 4 nitrogen and oxygen atoms in total. The molecule has 1 rings (SSSR count). The van der Waals surface area contributed by atoms with Crippen molar-refractivity contribution < 1.29 is 0 Å². The number of nitrogens with one attached hydrogen (secondary N) is 1. The Morgan fingerprint density at radius 3 is 2.50 bits per heavy atom. The third-order valence-electron chi connectivity index (χ3n) is 1.57. The zero-order valence-electron chi connectivity index (χ0n) is 8.87. The number of hydrazine groups is 1. The molecule has 14 heavy (non-hydrogen) atoms. The third kappa shape index (κ3) is 3.23. The zero-order chi connectivity index (χ0) is 10.7. The molecule has 1 heterocycles. The summed E-state index contributed by atoms with van der Waals surface area (Å²) >= 11 is 3.36. The minimum atomic E-state index is 0.329. The first-order valence-electron chi connectivity index (χ1n) is 4.47. The van der Waals surface area contributed by atoms with E-state index in [-0.39, 0.29) is 0 Å². The van der Waals surface area contributed by atoms with Gasteiger partial charge in [0.1, 0.15) is 16.2 Å². The van der Waals surface area contributed by atoms with Crippen molar-refractivity contribution in [2.45, 2.75) is 19.8 Å². The van der Waals surface area contributed by atoms with E-state index in [9.17, 15) is 0 Å². The normalized spacial score (nSPS) is 11.1. The first-order chi connectivity index (χ1) is 6.49. The van der Waals surface area contributed by atoms with E-state index in [0.29, 0.717) is 5.92 Å². The maximum Gasteiger partial charge on any atom is 0.145 e. The predicted octanol–water partition coefficient (Wildman–Crippen LogP) is 2.25. The summed E-state index contributed by atoms with van der Waals surface area (Å²) in [5, 5.41) is 1.85. The predicted molar refractivity (Wildman–Crippen MR) is 61.1 cm³/mol. The van der Waals surface area contributed by atoms with E-state index in [2.05, 4.69) is 45.2 Å². The molecule has 0 amide bonds. The van der Waals surface area contributed by atoms with Gasteiger partial charge in [0.05, 0.1) is 0 Å². The molecular weight excluding hydrogens is 244 g/mol. The van der Waals surface area contributed by atoms with Crippen LogP contribution in [0.4, 0.5) is 5.82 Å². The molecule has 0 spiro atoms. The van der Waals surface area contributed by atoms with Gasteiger partial charge in [-0.2, -0.15) is 0 Å². The van der Waals surface area contributed by atoms with Crippen molar-refractivity contribution in [3.63, 3.8) is 0 Å². The average molecular weight is 259 g/mol. The van der Waals surface area contributed by atoms with Crippen LogP contribution in [0.5, 0.6) is 0 Å². The Morgan fingerprint density at radius 1 is 1.36 bits per heavy atom. The zero-order valence-corrected chi connectivity index (χ0v) is 10.5. The van der Waals surface area contributed by atoms with Crippen molar-refractivity contribution >= 4 is 21.7 Å². The van der Waals surface area contributed by atoms with Crippen molar-refractivity contribution in [2.75, 3.05) is 19.5 Å². The lowest BCUT2D eigenvalue weighted by molar-refractivity contribution is 0.491. The maximum atomic E-state index is 4.38. The maximum absolute atomic E-state index is 4.38. The molecule has 1 aromatic rings. The van der Waals surface area contributed by atoms with Crippen LogP contribution < -0.4 is 5.43 Å². The Bertz CT molecular complexity index is 312. The van der Waals surface area contributed by atoms with Crippen LogP contribution in [0.3, 0.4) is 0 Å². The van der Waals surface area contributed by atoms with Crippen LogP contribution in [0, 0.1) is 0 Å². The Balaban J connectivity index is 2.95. The molecule has 0 aromatic carbocycles. The van der Waals surface area contributed by atoms with Crippen LogP contribution in [-0.4, -0.2) is 29.1 Å². The highest BCUT2D eigenvalue weighted by atomic mass is 79.9. The van der Waals surface area contributed by atoms with Crippen molar-refractivity contribution in [3.05, 3.63) is 16.5 Å². The lowest BCUT2D eigenvalue weighted by Gasteiger charge is -2.14. The fraction of sp³-hybridized carbons (Fsp3) is 0.556. The summed E-state index contributed by atoms with van der Waals surface area (Å²) < 4.78 is 0.806. The standard InChI is InChI=1S/C9H15BrN4/c1-6(2)9-11-7(10)5-8(12-9)13-14(3)4/h5-6H,1-4H3,(H,11,12,13). The van der Waals surface area contributed by atoms with Gasteiger partial charge in [-0.15, -0.1) is 0 Å². The second-order valence-corrected chi connectivity index (χ2v) is 4.41. The summed E-state index contributed by atoms with van der Waals surface area (Å²) in [6.45, 7) is 4.14. The topological polar surface area (TPSA) is 41.1 Å². The number of rotatable bonds is 3. The highest BCUT2D eigenvalue weighted by molar-refractivity contribution is 9.10. The molecule has 1 aromatic heterocycles. The van der Waals surface area contributed by atoms with Crippen LogP contribution in [0.1, 0.15) is 25.6 Å². The molecule has 1 N–H and O–H groups in total. The average Bonchev–Trinajstić information content (AvgIpc) is 2.01. The highest BCUT2D eigenvalue weighted by Crippen LogP contribution is 2.17. The summed E-state index contributed by atoms with van der Waals surface area (Å²) in [6.07, 6.45) is 0. The van der Waals surface area contributed by atoms with Gasteiger partial charge >= 0.3 is 0 Å². The Hall–Kier alpha value is -0.680. The Kier molecular flexibility index (Phi) is 3.83. The van der Waals surface area contributed by atoms with Crippen LogP contribution in [0.25, 0.3) is 0 Å². The van der Waals surface area contributed by atoms with E-state index in [1.807, 2.05) is 25.2 Å². The fourth-order valence-corrected chi connectivity index (χ4v) is 1.38. The van der Waals surface area contributed by atoms with E-state index in [1.54, 1.807) is 0 Å². The lowest BCUT2D eigenvalue weighted by atomic mass is 10.2. The summed E-state index contributed by atoms with van der Waals surface area (Å²) in [6, 6.07) is 1.85. The molecule has 0 saturated carbocycles. The second-order valence-electron chi connectivity index (χ2n) is 3.60. The molecular formula is C9H15BrN4. The summed E-state index contributed by atoms with van der Waals surface area (Å²) in [4.78, 5) is 8.67. The number of anilines is 1. The van der Waals surface area contributed by atoms with Crippen molar-refractivity contribution in [1.82, 2.24) is 15.0 Å². The third-order valence-corrected chi connectivity index (χ3v) is 1.97. The Labute approximate surface area is 92.8 Å². The Morgan fingerprint density at radius 2 is 2.00 bits per heavy atom. The first kappa shape index (κ1) is 11.4. The molecule has 0 fully saturated rings. The van der Waals surface area contributed by atoms with Gasteiger partial charge < -0.3 is 5.43 Å². The first-order valence-corrected chi connectivity index (χ1v) is 5.27. The van der Waals surface area contributed by atoms with Crippen molar-refractivity contribution in [3.8, 4) is 0 Å². The lowest BCUT2D eigenvalue weighted by Crippen LogP contribution is -2.21. The van der Waals surface area contributed by atoms with E-state index in [0.717, 1.165) is 16.2 Å². The highest BCUT2D eigenvalue weighted by Gasteiger charge is 2.06. The molecule has 0 radical (unpaired) electrons. The smallest absolute Gasteiger partial charge is 0.145 e. The molecule has 0 atom stereocenters. The van der Waals surface area contributed by atoms with Gasteiger partial charge in [-0.05, 0) is 15.9 Å².